The molecule has 1 heterocycles. The largest absolute Gasteiger partial charge is 0.467 e. The minimum absolute atomic E-state index is 0.100. The number of nitrogens with zero attached hydrogens (tertiary/aromatic N) is 2. The lowest BCUT2D eigenvalue weighted by molar-refractivity contribution is -0.156. The SMILES string of the molecule is COC(=O)C(C(C)C)N(C)C(=O)C1CN(S(=O)(=O)C(Br)CBr)C1. The molecule has 0 aromatic heterocycles. The number of sulfonamides is 1. The van der Waals surface area contributed by atoms with Crippen LogP contribution in [0.1, 0.15) is 13.8 Å². The average Bonchev–Trinajstić information content (AvgIpc) is 2.43. The zero-order chi connectivity index (χ0) is 17.9. The number of alkyl halides is 2. The van der Waals surface area contributed by atoms with Crippen LogP contribution in [0.3, 0.4) is 0 Å². The van der Waals surface area contributed by atoms with E-state index in [4.69, 9.17) is 4.74 Å². The first-order valence-corrected chi connectivity index (χ1v) is 10.6. The Hall–Kier alpha value is -0.190. The van der Waals surface area contributed by atoms with Gasteiger partial charge in [0.15, 0.2) is 0 Å². The Morgan fingerprint density at radius 2 is 1.87 bits per heavy atom. The number of likely N-dealkylation sites (N-methyl/N-ethyl adjacent to an activating group) is 1. The molecule has 0 aliphatic carbocycles. The Morgan fingerprint density at radius 3 is 2.26 bits per heavy atom. The number of esters is 1. The summed E-state index contributed by atoms with van der Waals surface area (Å²) in [7, 11) is -0.631. The number of hydrogen-bond donors (Lipinski definition) is 0. The predicted molar refractivity (Wildman–Crippen MR) is 93.9 cm³/mol. The van der Waals surface area contributed by atoms with Gasteiger partial charge in [0.25, 0.3) is 0 Å². The first-order chi connectivity index (χ1) is 10.6. The number of rotatable bonds is 7. The number of ether oxygens (including phenoxy) is 1. The smallest absolute Gasteiger partial charge is 0.328 e. The molecule has 1 saturated heterocycles. The van der Waals surface area contributed by atoms with Crippen LogP contribution in [-0.2, 0) is 24.3 Å². The number of methoxy groups -OCH3 is 1. The van der Waals surface area contributed by atoms with Crippen LogP contribution in [0.2, 0.25) is 0 Å². The Morgan fingerprint density at radius 1 is 1.35 bits per heavy atom. The third kappa shape index (κ3) is 4.46. The van der Waals surface area contributed by atoms with Gasteiger partial charge in [0.1, 0.15) is 10.2 Å². The van der Waals surface area contributed by atoms with Gasteiger partial charge in [-0.3, -0.25) is 4.79 Å². The van der Waals surface area contributed by atoms with Crippen LogP contribution < -0.4 is 0 Å². The summed E-state index contributed by atoms with van der Waals surface area (Å²) >= 11 is 6.22. The van der Waals surface area contributed by atoms with Gasteiger partial charge in [-0.1, -0.05) is 45.7 Å². The van der Waals surface area contributed by atoms with Gasteiger partial charge < -0.3 is 9.64 Å². The third-order valence-corrected chi connectivity index (χ3v) is 9.36. The highest BCUT2D eigenvalue weighted by Crippen LogP contribution is 2.27. The summed E-state index contributed by atoms with van der Waals surface area (Å²) in [6, 6.07) is -0.676. The minimum Gasteiger partial charge on any atom is -0.467 e. The Balaban J connectivity index is 2.73. The van der Waals surface area contributed by atoms with Gasteiger partial charge in [0, 0.05) is 25.5 Å². The summed E-state index contributed by atoms with van der Waals surface area (Å²) in [5.41, 5.74) is 0. The van der Waals surface area contributed by atoms with E-state index in [2.05, 4.69) is 31.9 Å². The van der Waals surface area contributed by atoms with Crippen molar-refractivity contribution in [2.45, 2.75) is 24.0 Å². The Bertz CT molecular complexity index is 549. The van der Waals surface area contributed by atoms with Crippen molar-refractivity contribution in [2.75, 3.05) is 32.6 Å². The number of halogens is 2. The van der Waals surface area contributed by atoms with E-state index < -0.39 is 32.1 Å². The summed E-state index contributed by atoms with van der Waals surface area (Å²) in [4.78, 5) is 25.7. The maximum absolute atomic E-state index is 12.5. The molecule has 0 N–H and O–H groups in total. The summed E-state index contributed by atoms with van der Waals surface area (Å²) in [5, 5.41) is 0.266. The molecule has 0 aromatic carbocycles. The van der Waals surface area contributed by atoms with E-state index >= 15 is 0 Å². The molecule has 1 aliphatic heterocycles. The zero-order valence-corrected chi connectivity index (χ0v) is 17.5. The minimum atomic E-state index is -3.46. The van der Waals surface area contributed by atoms with Gasteiger partial charge in [-0.05, 0) is 5.92 Å². The fourth-order valence-corrected chi connectivity index (χ4v) is 5.44. The molecular weight excluding hydrogens is 456 g/mol. The number of amides is 1. The second-order valence-electron chi connectivity index (χ2n) is 5.78. The summed E-state index contributed by atoms with van der Waals surface area (Å²) in [6.45, 7) is 3.92. The van der Waals surface area contributed by atoms with Crippen LogP contribution in [0, 0.1) is 11.8 Å². The molecule has 0 bridgehead atoms. The molecule has 1 aliphatic rings. The van der Waals surface area contributed by atoms with E-state index in [0.29, 0.717) is 0 Å². The molecule has 1 amide bonds. The first kappa shape index (κ1) is 20.9. The predicted octanol–water partition coefficient (Wildman–Crippen LogP) is 1.02. The normalized spacial score (nSPS) is 19.1. The summed E-state index contributed by atoms with van der Waals surface area (Å²) in [5.74, 6) is -1.25. The fourth-order valence-electron chi connectivity index (χ4n) is 2.47. The molecule has 23 heavy (non-hydrogen) atoms. The van der Waals surface area contributed by atoms with Gasteiger partial charge in [-0.2, -0.15) is 4.31 Å². The second kappa shape index (κ2) is 8.26. The monoisotopic (exact) mass is 476 g/mol. The highest BCUT2D eigenvalue weighted by atomic mass is 79.9. The van der Waals surface area contributed by atoms with Crippen molar-refractivity contribution in [3.63, 3.8) is 0 Å². The van der Waals surface area contributed by atoms with E-state index in [0.717, 1.165) is 0 Å². The van der Waals surface area contributed by atoms with Crippen LogP contribution >= 0.6 is 31.9 Å². The molecular formula is C13H22Br2N2O5S. The van der Waals surface area contributed by atoms with Crippen molar-refractivity contribution < 1.29 is 22.7 Å². The Kier molecular flexibility index (Phi) is 7.49. The van der Waals surface area contributed by atoms with Crippen molar-refractivity contribution in [1.29, 1.82) is 0 Å². The van der Waals surface area contributed by atoms with Crippen molar-refractivity contribution in [3.05, 3.63) is 0 Å². The fraction of sp³-hybridized carbons (Fsp3) is 0.846. The average molecular weight is 478 g/mol. The molecule has 1 rings (SSSR count). The number of hydrogen-bond acceptors (Lipinski definition) is 5. The van der Waals surface area contributed by atoms with Gasteiger partial charge in [0.2, 0.25) is 15.9 Å². The lowest BCUT2D eigenvalue weighted by Gasteiger charge is -2.41. The molecule has 0 radical (unpaired) electrons. The van der Waals surface area contributed by atoms with Crippen molar-refractivity contribution in [2.24, 2.45) is 11.8 Å². The van der Waals surface area contributed by atoms with E-state index in [9.17, 15) is 18.0 Å². The van der Waals surface area contributed by atoms with Crippen LogP contribution in [0.15, 0.2) is 0 Å². The van der Waals surface area contributed by atoms with Gasteiger partial charge in [-0.25, -0.2) is 13.2 Å². The van der Waals surface area contributed by atoms with E-state index in [1.54, 1.807) is 7.05 Å². The molecule has 2 atom stereocenters. The molecule has 0 aromatic rings. The number of carbonyl (C=O) groups is 2. The molecule has 0 spiro atoms. The Labute approximate surface area is 154 Å². The van der Waals surface area contributed by atoms with Crippen LogP contribution in [0.4, 0.5) is 0 Å². The van der Waals surface area contributed by atoms with Crippen LogP contribution in [0.25, 0.3) is 0 Å². The molecule has 134 valence electrons. The van der Waals surface area contributed by atoms with E-state index in [-0.39, 0.29) is 30.2 Å². The third-order valence-electron chi connectivity index (χ3n) is 3.84. The van der Waals surface area contributed by atoms with Crippen molar-refractivity contribution in [1.82, 2.24) is 9.21 Å². The van der Waals surface area contributed by atoms with E-state index in [1.807, 2.05) is 13.8 Å². The molecule has 1 fully saturated rings. The zero-order valence-electron chi connectivity index (χ0n) is 13.5. The van der Waals surface area contributed by atoms with Gasteiger partial charge >= 0.3 is 5.97 Å². The molecule has 10 heteroatoms. The lowest BCUT2D eigenvalue weighted by atomic mass is 9.97. The first-order valence-electron chi connectivity index (χ1n) is 7.11. The van der Waals surface area contributed by atoms with Gasteiger partial charge in [0.05, 0.1) is 13.0 Å². The molecule has 0 saturated carbocycles. The van der Waals surface area contributed by atoms with Gasteiger partial charge in [-0.15, -0.1) is 0 Å². The van der Waals surface area contributed by atoms with Crippen LogP contribution in [0.5, 0.6) is 0 Å². The second-order valence-corrected chi connectivity index (χ2v) is 10.3. The summed E-state index contributed by atoms with van der Waals surface area (Å²) < 4.78 is 29.6. The molecule has 7 nitrogen and oxygen atoms in total. The topological polar surface area (TPSA) is 84.0 Å². The number of carbonyl (C=O) groups excluding carboxylic acids is 2. The highest BCUT2D eigenvalue weighted by Gasteiger charge is 2.45. The maximum Gasteiger partial charge on any atom is 0.328 e. The maximum atomic E-state index is 12.5. The molecule has 2 unspecified atom stereocenters. The van der Waals surface area contributed by atoms with Crippen LogP contribution in [-0.4, -0.2) is 72.3 Å². The van der Waals surface area contributed by atoms with Crippen molar-refractivity contribution in [3.8, 4) is 0 Å². The quantitative estimate of drug-likeness (QED) is 0.403. The van der Waals surface area contributed by atoms with E-state index in [1.165, 1.54) is 16.3 Å². The standard InChI is InChI=1S/C13H22Br2N2O5S/c1-8(2)11(13(19)22-4)16(3)12(18)9-6-17(7-9)23(20,21)10(15)5-14/h8-11H,5-7H2,1-4H3. The lowest BCUT2D eigenvalue weighted by Crippen LogP contribution is -2.59. The highest BCUT2D eigenvalue weighted by molar-refractivity contribution is 9.13. The summed E-state index contributed by atoms with van der Waals surface area (Å²) in [6.07, 6.45) is 0. The van der Waals surface area contributed by atoms with Crippen molar-refractivity contribution >= 4 is 53.8 Å².